The van der Waals surface area contributed by atoms with Crippen LogP contribution in [0.2, 0.25) is 0 Å². The van der Waals surface area contributed by atoms with Gasteiger partial charge >= 0.3 is 0 Å². The second-order valence-electron chi connectivity index (χ2n) is 4.17. The largest absolute Gasteiger partial charge is 0.497 e. The van der Waals surface area contributed by atoms with E-state index in [-0.39, 0.29) is 18.4 Å². The van der Waals surface area contributed by atoms with E-state index in [0.717, 1.165) is 0 Å². The third kappa shape index (κ3) is 3.37. The second kappa shape index (κ2) is 6.26. The SMILES string of the molecule is COc1ccc(OC)c(N(C)C(=O)CC(C)N)c1. The molecule has 0 saturated carbocycles. The summed E-state index contributed by atoms with van der Waals surface area (Å²) in [5, 5.41) is 0. The maximum absolute atomic E-state index is 12.0. The van der Waals surface area contributed by atoms with Crippen LogP contribution in [0.25, 0.3) is 0 Å². The fourth-order valence-corrected chi connectivity index (χ4v) is 1.61. The van der Waals surface area contributed by atoms with Gasteiger partial charge in [0.05, 0.1) is 19.9 Å². The number of benzene rings is 1. The Bertz CT molecular complexity index is 419. The van der Waals surface area contributed by atoms with Gasteiger partial charge in [-0.05, 0) is 19.1 Å². The highest BCUT2D eigenvalue weighted by molar-refractivity contribution is 5.94. The summed E-state index contributed by atoms with van der Waals surface area (Å²) in [4.78, 5) is 13.5. The number of hydrogen-bond acceptors (Lipinski definition) is 4. The van der Waals surface area contributed by atoms with Crippen molar-refractivity contribution in [3.8, 4) is 11.5 Å². The van der Waals surface area contributed by atoms with Crippen LogP contribution < -0.4 is 20.1 Å². The Kier molecular flexibility index (Phi) is 4.97. The molecule has 1 aromatic carbocycles. The second-order valence-corrected chi connectivity index (χ2v) is 4.17. The average molecular weight is 252 g/mol. The van der Waals surface area contributed by atoms with Gasteiger partial charge in [0.25, 0.3) is 0 Å². The van der Waals surface area contributed by atoms with Gasteiger partial charge in [-0.1, -0.05) is 0 Å². The summed E-state index contributed by atoms with van der Waals surface area (Å²) in [5.74, 6) is 1.24. The summed E-state index contributed by atoms with van der Waals surface area (Å²) < 4.78 is 10.4. The van der Waals surface area contributed by atoms with Crippen molar-refractivity contribution in [1.29, 1.82) is 0 Å². The monoisotopic (exact) mass is 252 g/mol. The first-order valence-corrected chi connectivity index (χ1v) is 5.73. The van der Waals surface area contributed by atoms with Gasteiger partial charge in [0.2, 0.25) is 5.91 Å². The molecular formula is C13H20N2O3. The van der Waals surface area contributed by atoms with Gasteiger partial charge in [0, 0.05) is 25.6 Å². The van der Waals surface area contributed by atoms with Gasteiger partial charge in [-0.2, -0.15) is 0 Å². The quantitative estimate of drug-likeness (QED) is 0.860. The van der Waals surface area contributed by atoms with E-state index in [9.17, 15) is 4.79 Å². The number of carbonyl (C=O) groups is 1. The molecule has 18 heavy (non-hydrogen) atoms. The first-order valence-electron chi connectivity index (χ1n) is 5.73. The Labute approximate surface area is 107 Å². The number of carbonyl (C=O) groups excluding carboxylic acids is 1. The van der Waals surface area contributed by atoms with Crippen LogP contribution in [0.3, 0.4) is 0 Å². The first kappa shape index (κ1) is 14.3. The van der Waals surface area contributed by atoms with Crippen LogP contribution >= 0.6 is 0 Å². The van der Waals surface area contributed by atoms with E-state index in [1.54, 1.807) is 46.4 Å². The molecule has 1 unspecified atom stereocenters. The van der Waals surface area contributed by atoms with Gasteiger partial charge < -0.3 is 20.1 Å². The zero-order valence-electron chi connectivity index (χ0n) is 11.3. The topological polar surface area (TPSA) is 64.8 Å². The molecule has 5 heteroatoms. The lowest BCUT2D eigenvalue weighted by Gasteiger charge is -2.21. The van der Waals surface area contributed by atoms with Crippen molar-refractivity contribution in [2.75, 3.05) is 26.2 Å². The molecule has 0 spiro atoms. The lowest BCUT2D eigenvalue weighted by Crippen LogP contribution is -2.32. The summed E-state index contributed by atoms with van der Waals surface area (Å²) >= 11 is 0. The van der Waals surface area contributed by atoms with Crippen molar-refractivity contribution < 1.29 is 14.3 Å². The van der Waals surface area contributed by atoms with Gasteiger partial charge in [-0.3, -0.25) is 4.79 Å². The Balaban J connectivity index is 3.02. The molecule has 2 N–H and O–H groups in total. The van der Waals surface area contributed by atoms with E-state index in [0.29, 0.717) is 17.2 Å². The Morgan fingerprint density at radius 2 is 2.06 bits per heavy atom. The predicted octanol–water partition coefficient (Wildman–Crippen LogP) is 1.40. The summed E-state index contributed by atoms with van der Waals surface area (Å²) in [6, 6.07) is 5.14. The van der Waals surface area contributed by atoms with Gasteiger partial charge in [-0.25, -0.2) is 0 Å². The molecule has 0 aliphatic heterocycles. The van der Waals surface area contributed by atoms with Crippen molar-refractivity contribution in [3.05, 3.63) is 18.2 Å². The molecule has 1 atom stereocenters. The van der Waals surface area contributed by atoms with E-state index < -0.39 is 0 Å². The third-order valence-electron chi connectivity index (χ3n) is 2.62. The van der Waals surface area contributed by atoms with E-state index in [1.165, 1.54) is 4.90 Å². The molecule has 0 aliphatic carbocycles. The minimum absolute atomic E-state index is 0.0587. The van der Waals surface area contributed by atoms with Crippen LogP contribution in [0, 0.1) is 0 Å². The lowest BCUT2D eigenvalue weighted by atomic mass is 10.2. The number of ether oxygens (including phenoxy) is 2. The molecule has 0 fully saturated rings. The zero-order chi connectivity index (χ0) is 13.7. The van der Waals surface area contributed by atoms with Gasteiger partial charge in [0.15, 0.2) is 0 Å². The Morgan fingerprint density at radius 3 is 2.56 bits per heavy atom. The fraction of sp³-hybridized carbons (Fsp3) is 0.462. The molecule has 1 aromatic rings. The van der Waals surface area contributed by atoms with E-state index >= 15 is 0 Å². The van der Waals surface area contributed by atoms with E-state index in [2.05, 4.69) is 0 Å². The third-order valence-corrected chi connectivity index (χ3v) is 2.62. The number of rotatable bonds is 5. The number of nitrogens with zero attached hydrogens (tertiary/aromatic N) is 1. The minimum atomic E-state index is -0.170. The standard InChI is InChI=1S/C13H20N2O3/c1-9(14)7-13(16)15(2)11-8-10(17-3)5-6-12(11)18-4/h5-6,8-9H,7,14H2,1-4H3. The van der Waals surface area contributed by atoms with E-state index in [4.69, 9.17) is 15.2 Å². The Morgan fingerprint density at radius 1 is 1.39 bits per heavy atom. The highest BCUT2D eigenvalue weighted by atomic mass is 16.5. The first-order chi connectivity index (χ1) is 8.49. The maximum atomic E-state index is 12.0. The molecular weight excluding hydrogens is 232 g/mol. The number of amides is 1. The zero-order valence-corrected chi connectivity index (χ0v) is 11.3. The normalized spacial score (nSPS) is 11.8. The minimum Gasteiger partial charge on any atom is -0.497 e. The van der Waals surface area contributed by atoms with Crippen molar-refractivity contribution in [3.63, 3.8) is 0 Å². The van der Waals surface area contributed by atoms with Gasteiger partial charge in [0.1, 0.15) is 11.5 Å². The van der Waals surface area contributed by atoms with Crippen LogP contribution in [0.15, 0.2) is 18.2 Å². The average Bonchev–Trinajstić information content (AvgIpc) is 2.36. The van der Waals surface area contributed by atoms with Crippen molar-refractivity contribution in [2.24, 2.45) is 5.73 Å². The highest BCUT2D eigenvalue weighted by Gasteiger charge is 2.17. The molecule has 100 valence electrons. The molecule has 0 aliphatic rings. The van der Waals surface area contributed by atoms with Crippen LogP contribution in [0.4, 0.5) is 5.69 Å². The van der Waals surface area contributed by atoms with Crippen molar-refractivity contribution in [2.45, 2.75) is 19.4 Å². The van der Waals surface area contributed by atoms with Gasteiger partial charge in [-0.15, -0.1) is 0 Å². The van der Waals surface area contributed by atoms with Crippen LogP contribution in [0.5, 0.6) is 11.5 Å². The summed E-state index contributed by atoms with van der Waals surface area (Å²) in [6.07, 6.45) is 0.289. The smallest absolute Gasteiger partial charge is 0.228 e. The van der Waals surface area contributed by atoms with Crippen LogP contribution in [0.1, 0.15) is 13.3 Å². The molecule has 0 radical (unpaired) electrons. The van der Waals surface area contributed by atoms with Crippen LogP contribution in [-0.2, 0) is 4.79 Å². The lowest BCUT2D eigenvalue weighted by molar-refractivity contribution is -0.118. The fourth-order valence-electron chi connectivity index (χ4n) is 1.61. The van der Waals surface area contributed by atoms with Crippen molar-refractivity contribution >= 4 is 11.6 Å². The van der Waals surface area contributed by atoms with Crippen LogP contribution in [-0.4, -0.2) is 33.2 Å². The molecule has 1 amide bonds. The summed E-state index contributed by atoms with van der Waals surface area (Å²) in [7, 11) is 4.84. The number of anilines is 1. The molecule has 0 saturated heterocycles. The predicted molar refractivity (Wildman–Crippen MR) is 71.2 cm³/mol. The molecule has 0 aromatic heterocycles. The summed E-state index contributed by atoms with van der Waals surface area (Å²) in [6.45, 7) is 1.80. The number of nitrogens with two attached hydrogens (primary N) is 1. The maximum Gasteiger partial charge on any atom is 0.228 e. The molecule has 0 heterocycles. The number of hydrogen-bond donors (Lipinski definition) is 1. The van der Waals surface area contributed by atoms with Crippen molar-refractivity contribution in [1.82, 2.24) is 0 Å². The number of methoxy groups -OCH3 is 2. The highest BCUT2D eigenvalue weighted by Crippen LogP contribution is 2.31. The van der Waals surface area contributed by atoms with E-state index in [1.807, 2.05) is 0 Å². The summed E-state index contributed by atoms with van der Waals surface area (Å²) in [5.41, 5.74) is 6.30. The molecule has 1 rings (SSSR count). The molecule has 5 nitrogen and oxygen atoms in total. The Hall–Kier alpha value is -1.75. The molecule has 0 bridgehead atoms.